The molecular weight excluding hydrogens is 374 g/mol. The van der Waals surface area contributed by atoms with Crippen molar-refractivity contribution < 1.29 is 14.7 Å². The molecule has 0 fully saturated rings. The maximum Gasteiger partial charge on any atom is 0.305 e. The van der Waals surface area contributed by atoms with E-state index in [1.54, 1.807) is 12.1 Å². The van der Waals surface area contributed by atoms with Gasteiger partial charge >= 0.3 is 5.97 Å². The molecule has 30 heavy (non-hydrogen) atoms. The van der Waals surface area contributed by atoms with Crippen LogP contribution in [0.1, 0.15) is 54.7 Å². The molecule has 0 saturated heterocycles. The Bertz CT molecular complexity index is 1000. The summed E-state index contributed by atoms with van der Waals surface area (Å²) in [5, 5.41) is 12.2. The van der Waals surface area contributed by atoms with Gasteiger partial charge in [0.15, 0.2) is 0 Å². The van der Waals surface area contributed by atoms with Gasteiger partial charge in [0.1, 0.15) is 0 Å². The minimum Gasteiger partial charge on any atom is -0.481 e. The van der Waals surface area contributed by atoms with Gasteiger partial charge in [0.25, 0.3) is 5.91 Å². The van der Waals surface area contributed by atoms with E-state index < -0.39 is 12.0 Å². The molecule has 0 aliphatic carbocycles. The lowest BCUT2D eigenvalue weighted by molar-refractivity contribution is -0.137. The number of carbonyl (C=O) groups excluding carboxylic acids is 1. The minimum atomic E-state index is -0.959. The van der Waals surface area contributed by atoms with Crippen LogP contribution in [0, 0.1) is 0 Å². The third kappa shape index (κ3) is 5.35. The predicted molar refractivity (Wildman–Crippen MR) is 119 cm³/mol. The Labute approximate surface area is 177 Å². The molecule has 3 aromatic carbocycles. The zero-order valence-corrected chi connectivity index (χ0v) is 17.6. The normalized spacial score (nSPS) is 12.2. The number of rotatable bonds is 6. The SMILES string of the molecule is CC(C)(C)c1ccc(C(CC(=O)O)NC(=O)c2ccc(-c3ccccc3)cc2)cc1. The minimum absolute atomic E-state index is 0.00454. The van der Waals surface area contributed by atoms with Crippen LogP contribution in [-0.4, -0.2) is 17.0 Å². The summed E-state index contributed by atoms with van der Waals surface area (Å²) in [5.41, 5.74) is 4.53. The lowest BCUT2D eigenvalue weighted by Gasteiger charge is -2.22. The highest BCUT2D eigenvalue weighted by atomic mass is 16.4. The van der Waals surface area contributed by atoms with Crippen molar-refractivity contribution >= 4 is 11.9 Å². The first-order valence-electron chi connectivity index (χ1n) is 10.0. The molecule has 0 saturated carbocycles. The molecule has 0 aliphatic heterocycles. The number of hydrogen-bond donors (Lipinski definition) is 2. The summed E-state index contributed by atoms with van der Waals surface area (Å²) >= 11 is 0. The van der Waals surface area contributed by atoms with Gasteiger partial charge in [0.05, 0.1) is 12.5 Å². The summed E-state index contributed by atoms with van der Waals surface area (Å²) in [6, 6.07) is 24.4. The highest BCUT2D eigenvalue weighted by Gasteiger charge is 2.20. The molecule has 0 radical (unpaired) electrons. The number of carbonyl (C=O) groups is 2. The van der Waals surface area contributed by atoms with E-state index in [2.05, 4.69) is 26.1 Å². The summed E-state index contributed by atoms with van der Waals surface area (Å²) < 4.78 is 0. The molecule has 1 amide bonds. The molecule has 0 aliphatic rings. The van der Waals surface area contributed by atoms with Crippen LogP contribution in [0.3, 0.4) is 0 Å². The summed E-state index contributed by atoms with van der Waals surface area (Å²) in [4.78, 5) is 24.2. The van der Waals surface area contributed by atoms with Gasteiger partial charge in [-0.1, -0.05) is 87.5 Å². The topological polar surface area (TPSA) is 66.4 Å². The van der Waals surface area contributed by atoms with Crippen molar-refractivity contribution in [3.8, 4) is 11.1 Å². The van der Waals surface area contributed by atoms with Crippen molar-refractivity contribution in [3.63, 3.8) is 0 Å². The van der Waals surface area contributed by atoms with E-state index in [0.29, 0.717) is 5.56 Å². The van der Waals surface area contributed by atoms with Crippen LogP contribution in [0.15, 0.2) is 78.9 Å². The van der Waals surface area contributed by atoms with Gasteiger partial charge in [-0.05, 0) is 39.8 Å². The van der Waals surface area contributed by atoms with Crippen LogP contribution in [0.2, 0.25) is 0 Å². The van der Waals surface area contributed by atoms with Gasteiger partial charge in [-0.3, -0.25) is 9.59 Å². The van der Waals surface area contributed by atoms with Gasteiger partial charge < -0.3 is 10.4 Å². The third-order valence-corrected chi connectivity index (χ3v) is 5.12. The average Bonchev–Trinajstić information content (AvgIpc) is 2.73. The van der Waals surface area contributed by atoms with E-state index in [-0.39, 0.29) is 17.7 Å². The molecule has 3 aromatic rings. The van der Waals surface area contributed by atoms with Crippen molar-refractivity contribution in [1.29, 1.82) is 0 Å². The zero-order valence-electron chi connectivity index (χ0n) is 17.6. The molecule has 154 valence electrons. The molecule has 1 unspecified atom stereocenters. The first-order chi connectivity index (χ1) is 14.2. The highest BCUT2D eigenvalue weighted by Crippen LogP contribution is 2.25. The molecule has 1 atom stereocenters. The number of amides is 1. The number of nitrogens with one attached hydrogen (secondary N) is 1. The van der Waals surface area contributed by atoms with E-state index in [9.17, 15) is 14.7 Å². The molecular formula is C26H27NO3. The average molecular weight is 402 g/mol. The fourth-order valence-electron chi connectivity index (χ4n) is 3.33. The second kappa shape index (κ2) is 8.95. The predicted octanol–water partition coefficient (Wildman–Crippen LogP) is 5.60. The Morgan fingerprint density at radius 2 is 1.40 bits per heavy atom. The van der Waals surface area contributed by atoms with Crippen LogP contribution in [0.25, 0.3) is 11.1 Å². The first kappa shape index (κ1) is 21.3. The Morgan fingerprint density at radius 1 is 0.833 bits per heavy atom. The lowest BCUT2D eigenvalue weighted by atomic mass is 9.86. The number of benzene rings is 3. The van der Waals surface area contributed by atoms with E-state index in [4.69, 9.17) is 0 Å². The van der Waals surface area contributed by atoms with Gasteiger partial charge in [-0.25, -0.2) is 0 Å². The van der Waals surface area contributed by atoms with Crippen LogP contribution in [0.5, 0.6) is 0 Å². The summed E-state index contributed by atoms with van der Waals surface area (Å²) in [7, 11) is 0. The molecule has 4 heteroatoms. The Morgan fingerprint density at radius 3 is 1.93 bits per heavy atom. The van der Waals surface area contributed by atoms with Gasteiger partial charge in [0.2, 0.25) is 0 Å². The smallest absolute Gasteiger partial charge is 0.305 e. The Hall–Kier alpha value is -3.40. The van der Waals surface area contributed by atoms with Gasteiger partial charge in [-0.15, -0.1) is 0 Å². The van der Waals surface area contributed by atoms with Crippen molar-refractivity contribution in [2.24, 2.45) is 0 Å². The fourth-order valence-corrected chi connectivity index (χ4v) is 3.33. The molecule has 3 rings (SSSR count). The fraction of sp³-hybridized carbons (Fsp3) is 0.231. The molecule has 0 aromatic heterocycles. The van der Waals surface area contributed by atoms with Gasteiger partial charge in [-0.2, -0.15) is 0 Å². The van der Waals surface area contributed by atoms with Crippen LogP contribution in [0.4, 0.5) is 0 Å². The zero-order chi connectivity index (χ0) is 21.7. The van der Waals surface area contributed by atoms with Crippen molar-refractivity contribution in [1.82, 2.24) is 5.32 Å². The number of carboxylic acid groups (broad SMARTS) is 1. The molecule has 0 bridgehead atoms. The summed E-state index contributed by atoms with van der Waals surface area (Å²) in [6.07, 6.45) is -0.178. The van der Waals surface area contributed by atoms with Crippen molar-refractivity contribution in [2.75, 3.05) is 0 Å². The number of carboxylic acids is 1. The second-order valence-corrected chi connectivity index (χ2v) is 8.44. The van der Waals surface area contributed by atoms with Crippen LogP contribution < -0.4 is 5.32 Å². The van der Waals surface area contributed by atoms with Crippen molar-refractivity contribution in [2.45, 2.75) is 38.6 Å². The third-order valence-electron chi connectivity index (χ3n) is 5.12. The van der Waals surface area contributed by atoms with E-state index in [1.165, 1.54) is 0 Å². The maximum absolute atomic E-state index is 12.8. The van der Waals surface area contributed by atoms with Gasteiger partial charge in [0, 0.05) is 5.56 Å². The summed E-state index contributed by atoms with van der Waals surface area (Å²) in [5.74, 6) is -1.25. The highest BCUT2D eigenvalue weighted by molar-refractivity contribution is 5.95. The largest absolute Gasteiger partial charge is 0.481 e. The summed E-state index contributed by atoms with van der Waals surface area (Å²) in [6.45, 7) is 6.37. The Balaban J connectivity index is 1.77. The van der Waals surface area contributed by atoms with E-state index >= 15 is 0 Å². The lowest BCUT2D eigenvalue weighted by Crippen LogP contribution is -2.30. The maximum atomic E-state index is 12.8. The van der Waals surface area contributed by atoms with Crippen LogP contribution in [-0.2, 0) is 10.2 Å². The van der Waals surface area contributed by atoms with Crippen LogP contribution >= 0.6 is 0 Å². The molecule has 0 spiro atoms. The molecule has 2 N–H and O–H groups in total. The molecule has 0 heterocycles. The monoisotopic (exact) mass is 401 g/mol. The molecule has 4 nitrogen and oxygen atoms in total. The Kier molecular flexibility index (Phi) is 6.36. The number of hydrogen-bond acceptors (Lipinski definition) is 2. The second-order valence-electron chi connectivity index (χ2n) is 8.44. The number of aliphatic carboxylic acids is 1. The quantitative estimate of drug-likeness (QED) is 0.565. The standard InChI is InChI=1S/C26H27NO3/c1-26(2,3)22-15-13-20(14-16-22)23(17-24(28)29)27-25(30)21-11-9-19(10-12-21)18-7-5-4-6-8-18/h4-16,23H,17H2,1-3H3,(H,27,30)(H,28,29). The van der Waals surface area contributed by atoms with E-state index in [1.807, 2.05) is 66.7 Å². The van der Waals surface area contributed by atoms with E-state index in [0.717, 1.165) is 22.3 Å². The van der Waals surface area contributed by atoms with Crippen molar-refractivity contribution in [3.05, 3.63) is 95.6 Å². The first-order valence-corrected chi connectivity index (χ1v) is 10.0.